The summed E-state index contributed by atoms with van der Waals surface area (Å²) in [6.07, 6.45) is 1.43. The number of benzene rings is 5. The van der Waals surface area contributed by atoms with Crippen molar-refractivity contribution in [3.05, 3.63) is 123 Å². The van der Waals surface area contributed by atoms with E-state index in [1.165, 1.54) is 6.21 Å². The molecule has 1 amide bonds. The number of aromatic amines is 1. The van der Waals surface area contributed by atoms with Crippen LogP contribution in [0.5, 0.6) is 17.2 Å². The highest BCUT2D eigenvalue weighted by Gasteiger charge is 2.21. The minimum Gasteiger partial charge on any atom is -0.490 e. The van der Waals surface area contributed by atoms with Crippen LogP contribution in [0.4, 0.5) is 0 Å². The summed E-state index contributed by atoms with van der Waals surface area (Å²) in [5, 5.41) is 7.26. The number of H-pyrrole nitrogens is 1. The molecule has 8 nitrogen and oxygen atoms in total. The SMILES string of the molecule is CCOc1ccc(C(=O)Oc2c(Br)cc(Br)cc2C=NNC(=O)c2[nH]c3c(ccc4ccccc43)c2-c2ccccc2)cc1OCC. The van der Waals surface area contributed by atoms with Gasteiger partial charge in [0.05, 0.1) is 35.0 Å². The van der Waals surface area contributed by atoms with Crippen LogP contribution < -0.4 is 19.6 Å². The Kier molecular flexibility index (Phi) is 9.70. The zero-order valence-corrected chi connectivity index (χ0v) is 28.6. The molecule has 0 unspecified atom stereocenters. The predicted octanol–water partition coefficient (Wildman–Crippen LogP) is 9.29. The minimum absolute atomic E-state index is 0.227. The Balaban J connectivity index is 1.30. The number of halogens is 2. The third-order valence-electron chi connectivity index (χ3n) is 7.37. The number of carbonyl (C=O) groups is 2. The van der Waals surface area contributed by atoms with Crippen LogP contribution in [0.25, 0.3) is 32.8 Å². The van der Waals surface area contributed by atoms with Crippen molar-refractivity contribution >= 4 is 71.6 Å². The van der Waals surface area contributed by atoms with Crippen molar-refractivity contribution in [2.24, 2.45) is 5.10 Å². The van der Waals surface area contributed by atoms with Crippen molar-refractivity contribution in [2.75, 3.05) is 13.2 Å². The van der Waals surface area contributed by atoms with Crippen LogP contribution in [0.1, 0.15) is 40.3 Å². The first-order valence-electron chi connectivity index (χ1n) is 14.9. The lowest BCUT2D eigenvalue weighted by Gasteiger charge is -2.13. The number of hydrazone groups is 1. The van der Waals surface area contributed by atoms with Gasteiger partial charge in [-0.1, -0.05) is 82.7 Å². The van der Waals surface area contributed by atoms with Crippen LogP contribution in [-0.2, 0) is 0 Å². The Hall–Kier alpha value is -4.93. The fourth-order valence-corrected chi connectivity index (χ4v) is 6.68. The standard InChI is InChI=1S/C37H29Br2N3O5/c1-3-45-30-17-15-24(19-31(30)46-4-2)37(44)47-35-25(18-26(38)20-29(35)39)21-40-42-36(43)34-32(23-11-6-5-7-12-23)28-16-14-22-10-8-9-13-27(22)33(28)41-34/h5-21,41H,3-4H2,1-2H3,(H,42,43). The van der Waals surface area contributed by atoms with Gasteiger partial charge in [0.2, 0.25) is 0 Å². The fraction of sp³-hybridized carbons (Fsp3) is 0.108. The second-order valence-corrected chi connectivity index (χ2v) is 12.1. The molecule has 236 valence electrons. The fourth-order valence-electron chi connectivity index (χ4n) is 5.34. The molecule has 2 N–H and O–H groups in total. The maximum Gasteiger partial charge on any atom is 0.343 e. The third-order valence-corrected chi connectivity index (χ3v) is 8.42. The maximum absolute atomic E-state index is 13.7. The topological polar surface area (TPSA) is 102 Å². The first-order valence-corrected chi connectivity index (χ1v) is 16.5. The van der Waals surface area contributed by atoms with E-state index >= 15 is 0 Å². The van der Waals surface area contributed by atoms with Crippen LogP contribution in [0, 0.1) is 0 Å². The van der Waals surface area contributed by atoms with Gasteiger partial charge in [-0.2, -0.15) is 5.10 Å². The lowest BCUT2D eigenvalue weighted by atomic mass is 9.99. The summed E-state index contributed by atoms with van der Waals surface area (Å²) < 4.78 is 18.3. The largest absolute Gasteiger partial charge is 0.490 e. The van der Waals surface area contributed by atoms with E-state index in [4.69, 9.17) is 14.2 Å². The number of nitrogens with zero attached hydrogens (tertiary/aromatic N) is 1. The molecule has 6 rings (SSSR count). The highest BCUT2D eigenvalue weighted by molar-refractivity contribution is 9.11. The lowest BCUT2D eigenvalue weighted by Crippen LogP contribution is -2.19. The molecule has 0 bridgehead atoms. The molecule has 0 saturated carbocycles. The molecule has 10 heteroatoms. The van der Waals surface area contributed by atoms with Gasteiger partial charge in [0.15, 0.2) is 17.2 Å². The van der Waals surface area contributed by atoms with Crippen LogP contribution in [-0.4, -0.2) is 36.3 Å². The van der Waals surface area contributed by atoms with Gasteiger partial charge >= 0.3 is 5.97 Å². The average molecular weight is 755 g/mol. The number of fused-ring (bicyclic) bond motifs is 3. The number of nitrogens with one attached hydrogen (secondary N) is 2. The molecule has 0 fully saturated rings. The van der Waals surface area contributed by atoms with E-state index in [1.54, 1.807) is 30.3 Å². The van der Waals surface area contributed by atoms with Crippen molar-refractivity contribution in [3.8, 4) is 28.4 Å². The Bertz CT molecular complexity index is 2140. The number of ether oxygens (including phenoxy) is 3. The smallest absolute Gasteiger partial charge is 0.343 e. The van der Waals surface area contributed by atoms with Crippen LogP contribution in [0.15, 0.2) is 111 Å². The quantitative estimate of drug-likeness (QED) is 0.0629. The highest BCUT2D eigenvalue weighted by atomic mass is 79.9. The van der Waals surface area contributed by atoms with Gasteiger partial charge < -0.3 is 19.2 Å². The van der Waals surface area contributed by atoms with E-state index in [1.807, 2.05) is 74.5 Å². The molecular formula is C37H29Br2N3O5. The van der Waals surface area contributed by atoms with Crippen LogP contribution in [0.2, 0.25) is 0 Å². The molecule has 1 heterocycles. The van der Waals surface area contributed by atoms with Gasteiger partial charge in [-0.05, 0) is 71.1 Å². The summed E-state index contributed by atoms with van der Waals surface area (Å²) in [5.74, 6) is 0.185. The first-order chi connectivity index (χ1) is 22.9. The third kappa shape index (κ3) is 6.79. The number of aromatic nitrogens is 1. The summed E-state index contributed by atoms with van der Waals surface area (Å²) in [6.45, 7) is 4.59. The van der Waals surface area contributed by atoms with Crippen molar-refractivity contribution in [1.82, 2.24) is 10.4 Å². The summed E-state index contributed by atoms with van der Waals surface area (Å²) in [5.41, 5.74) is 6.30. The Morgan fingerprint density at radius 2 is 1.57 bits per heavy atom. The molecular weight excluding hydrogens is 726 g/mol. The maximum atomic E-state index is 13.7. The second-order valence-electron chi connectivity index (χ2n) is 10.4. The van der Waals surface area contributed by atoms with Crippen LogP contribution in [0.3, 0.4) is 0 Å². The molecule has 0 aliphatic carbocycles. The van der Waals surface area contributed by atoms with Gasteiger partial charge in [-0.15, -0.1) is 0 Å². The summed E-state index contributed by atoms with van der Waals surface area (Å²) in [4.78, 5) is 30.3. The minimum atomic E-state index is -0.603. The summed E-state index contributed by atoms with van der Waals surface area (Å²) in [6, 6.07) is 30.2. The van der Waals surface area contributed by atoms with Crippen molar-refractivity contribution in [3.63, 3.8) is 0 Å². The van der Waals surface area contributed by atoms with Gasteiger partial charge in [-0.3, -0.25) is 4.79 Å². The molecule has 0 saturated heterocycles. The molecule has 6 aromatic rings. The van der Waals surface area contributed by atoms with E-state index in [-0.39, 0.29) is 11.3 Å². The zero-order valence-electron chi connectivity index (χ0n) is 25.5. The van der Waals surface area contributed by atoms with E-state index in [0.29, 0.717) is 44.9 Å². The lowest BCUT2D eigenvalue weighted by molar-refractivity contribution is 0.0732. The zero-order chi connectivity index (χ0) is 32.9. The average Bonchev–Trinajstić information content (AvgIpc) is 3.48. The van der Waals surface area contributed by atoms with E-state index < -0.39 is 11.9 Å². The molecule has 5 aromatic carbocycles. The number of rotatable bonds is 10. The second kappa shape index (κ2) is 14.2. The van der Waals surface area contributed by atoms with Crippen molar-refractivity contribution in [2.45, 2.75) is 13.8 Å². The van der Waals surface area contributed by atoms with E-state index in [0.717, 1.165) is 32.8 Å². The van der Waals surface area contributed by atoms with E-state index in [2.05, 4.69) is 53.4 Å². The molecule has 47 heavy (non-hydrogen) atoms. The van der Waals surface area contributed by atoms with Crippen LogP contribution >= 0.6 is 31.9 Å². The van der Waals surface area contributed by atoms with Gasteiger partial charge in [-0.25, -0.2) is 10.2 Å². The van der Waals surface area contributed by atoms with Gasteiger partial charge in [0.25, 0.3) is 5.91 Å². The number of esters is 1. The van der Waals surface area contributed by atoms with Crippen molar-refractivity contribution in [1.29, 1.82) is 0 Å². The van der Waals surface area contributed by atoms with Crippen molar-refractivity contribution < 1.29 is 23.8 Å². The molecule has 0 aliphatic heterocycles. The molecule has 0 atom stereocenters. The number of hydrogen-bond acceptors (Lipinski definition) is 6. The monoisotopic (exact) mass is 753 g/mol. The number of amides is 1. The summed E-state index contributed by atoms with van der Waals surface area (Å²) >= 11 is 6.98. The Morgan fingerprint density at radius 3 is 2.36 bits per heavy atom. The molecule has 0 spiro atoms. The number of carbonyl (C=O) groups excluding carboxylic acids is 2. The Morgan fingerprint density at radius 1 is 0.830 bits per heavy atom. The molecule has 0 aliphatic rings. The molecule has 1 aromatic heterocycles. The van der Waals surface area contributed by atoms with Gasteiger partial charge in [0, 0.05) is 26.4 Å². The predicted molar refractivity (Wildman–Crippen MR) is 192 cm³/mol. The van der Waals surface area contributed by atoms with Gasteiger partial charge in [0.1, 0.15) is 5.69 Å². The first kappa shape index (κ1) is 32.0. The summed E-state index contributed by atoms with van der Waals surface area (Å²) in [7, 11) is 0. The number of hydrogen-bond donors (Lipinski definition) is 2. The molecule has 0 radical (unpaired) electrons. The van der Waals surface area contributed by atoms with E-state index in [9.17, 15) is 9.59 Å². The Labute approximate surface area is 288 Å². The normalized spacial score (nSPS) is 11.2. The highest BCUT2D eigenvalue weighted by Crippen LogP contribution is 2.37.